The second kappa shape index (κ2) is 5.67. The molecule has 0 amide bonds. The van der Waals surface area contributed by atoms with Crippen molar-refractivity contribution < 1.29 is 14.3 Å². The highest BCUT2D eigenvalue weighted by Crippen LogP contribution is 2.20. The van der Waals surface area contributed by atoms with Crippen molar-refractivity contribution in [3.05, 3.63) is 52.2 Å². The molecule has 6 heteroatoms. The number of aryl methyl sites for hydroxylation is 1. The highest BCUT2D eigenvalue weighted by Gasteiger charge is 2.08. The van der Waals surface area contributed by atoms with Crippen LogP contribution in [0.15, 0.2) is 28.7 Å². The number of aromatic nitrogens is 2. The Kier molecular flexibility index (Phi) is 3.97. The van der Waals surface area contributed by atoms with Gasteiger partial charge in [0.15, 0.2) is 0 Å². The fraction of sp³-hybridized carbons (Fsp3) is 0.154. The molecular formula is C13H11ClN2O3. The van der Waals surface area contributed by atoms with Gasteiger partial charge in [0.2, 0.25) is 11.8 Å². The van der Waals surface area contributed by atoms with Crippen LogP contribution in [0, 0.1) is 6.92 Å². The number of benzene rings is 1. The second-order valence-corrected chi connectivity index (χ2v) is 4.34. The van der Waals surface area contributed by atoms with Gasteiger partial charge < -0.3 is 9.52 Å². The fourth-order valence-corrected chi connectivity index (χ4v) is 1.82. The number of rotatable bonds is 4. The zero-order valence-electron chi connectivity index (χ0n) is 10.1. The summed E-state index contributed by atoms with van der Waals surface area (Å²) in [6.45, 7) is 1.71. The summed E-state index contributed by atoms with van der Waals surface area (Å²) in [5, 5.41) is 16.9. The van der Waals surface area contributed by atoms with Crippen LogP contribution in [0.25, 0.3) is 6.08 Å². The fourth-order valence-electron chi connectivity index (χ4n) is 1.62. The number of carbonyl (C=O) groups is 1. The predicted molar refractivity (Wildman–Crippen MR) is 70.0 cm³/mol. The van der Waals surface area contributed by atoms with Gasteiger partial charge in [-0.05, 0) is 29.3 Å². The van der Waals surface area contributed by atoms with Crippen LogP contribution < -0.4 is 0 Å². The van der Waals surface area contributed by atoms with Crippen LogP contribution >= 0.6 is 11.6 Å². The van der Waals surface area contributed by atoms with Gasteiger partial charge in [-0.3, -0.25) is 0 Å². The number of aliphatic carboxylic acids is 1. The maximum atomic E-state index is 10.6. The summed E-state index contributed by atoms with van der Waals surface area (Å²) in [7, 11) is 0. The normalized spacial score (nSPS) is 11.1. The first kappa shape index (κ1) is 13.3. The number of hydrogen-bond acceptors (Lipinski definition) is 4. The molecule has 5 nitrogen and oxygen atoms in total. The molecule has 1 aromatic carbocycles. The van der Waals surface area contributed by atoms with E-state index in [-0.39, 0.29) is 0 Å². The molecule has 1 heterocycles. The molecule has 0 fully saturated rings. The molecule has 0 saturated carbocycles. The highest BCUT2D eigenvalue weighted by atomic mass is 35.5. The molecule has 0 bridgehead atoms. The summed E-state index contributed by atoms with van der Waals surface area (Å²) in [6, 6.07) is 5.20. The van der Waals surface area contributed by atoms with Gasteiger partial charge in [-0.25, -0.2) is 4.79 Å². The van der Waals surface area contributed by atoms with E-state index in [4.69, 9.17) is 21.1 Å². The largest absolute Gasteiger partial charge is 0.478 e. The minimum absolute atomic E-state index is 0.403. The quantitative estimate of drug-likeness (QED) is 0.870. The monoisotopic (exact) mass is 278 g/mol. The summed E-state index contributed by atoms with van der Waals surface area (Å²) in [6.07, 6.45) is 2.99. The lowest BCUT2D eigenvalue weighted by Crippen LogP contribution is -1.93. The van der Waals surface area contributed by atoms with Gasteiger partial charge in [0, 0.05) is 18.0 Å². The molecule has 0 saturated heterocycles. The van der Waals surface area contributed by atoms with Gasteiger partial charge in [-0.2, -0.15) is 0 Å². The zero-order chi connectivity index (χ0) is 13.8. The summed E-state index contributed by atoms with van der Waals surface area (Å²) >= 11 is 5.94. The minimum atomic E-state index is -1.01. The predicted octanol–water partition coefficient (Wildman–Crippen LogP) is 2.72. The van der Waals surface area contributed by atoms with Crippen LogP contribution in [-0.4, -0.2) is 21.3 Å². The average molecular weight is 279 g/mol. The maximum Gasteiger partial charge on any atom is 0.328 e. The second-order valence-electron chi connectivity index (χ2n) is 3.91. The molecule has 0 aliphatic rings. The van der Waals surface area contributed by atoms with Gasteiger partial charge in [0.1, 0.15) is 0 Å². The van der Waals surface area contributed by atoms with Crippen molar-refractivity contribution in [2.24, 2.45) is 0 Å². The lowest BCUT2D eigenvalue weighted by molar-refractivity contribution is -0.131. The van der Waals surface area contributed by atoms with Crippen molar-refractivity contribution in [2.45, 2.75) is 13.3 Å². The number of halogens is 1. The van der Waals surface area contributed by atoms with E-state index in [1.165, 1.54) is 6.08 Å². The summed E-state index contributed by atoms with van der Waals surface area (Å²) in [5.74, 6) is -0.0565. The van der Waals surface area contributed by atoms with E-state index in [1.807, 2.05) is 0 Å². The zero-order valence-corrected chi connectivity index (χ0v) is 10.9. The third kappa shape index (κ3) is 3.66. The Morgan fingerprint density at radius 3 is 2.89 bits per heavy atom. The van der Waals surface area contributed by atoms with Crippen molar-refractivity contribution in [2.75, 3.05) is 0 Å². The van der Waals surface area contributed by atoms with Gasteiger partial charge >= 0.3 is 5.97 Å². The summed E-state index contributed by atoms with van der Waals surface area (Å²) in [4.78, 5) is 10.6. The third-order valence-corrected chi connectivity index (χ3v) is 2.66. The van der Waals surface area contributed by atoms with Gasteiger partial charge in [0.25, 0.3) is 0 Å². The standard InChI is InChI=1S/C13H11ClN2O3/c1-8-15-16-12(19-8)7-10-6-11(14)4-2-9(10)3-5-13(17)18/h2-6H,7H2,1H3,(H,17,18). The van der Waals surface area contributed by atoms with E-state index >= 15 is 0 Å². The first-order valence-electron chi connectivity index (χ1n) is 5.53. The van der Waals surface area contributed by atoms with Crippen LogP contribution in [0.5, 0.6) is 0 Å². The molecule has 2 rings (SSSR count). The van der Waals surface area contributed by atoms with E-state index in [0.29, 0.717) is 23.2 Å². The molecule has 98 valence electrons. The average Bonchev–Trinajstić information content (AvgIpc) is 2.73. The highest BCUT2D eigenvalue weighted by molar-refractivity contribution is 6.30. The van der Waals surface area contributed by atoms with E-state index in [9.17, 15) is 4.79 Å². The van der Waals surface area contributed by atoms with Crippen molar-refractivity contribution in [3.63, 3.8) is 0 Å². The van der Waals surface area contributed by atoms with Crippen molar-refractivity contribution in [3.8, 4) is 0 Å². The third-order valence-electron chi connectivity index (χ3n) is 2.42. The Labute approximate surface area is 114 Å². The van der Waals surface area contributed by atoms with E-state index in [2.05, 4.69) is 10.2 Å². The van der Waals surface area contributed by atoms with Gasteiger partial charge in [-0.1, -0.05) is 17.7 Å². The Morgan fingerprint density at radius 1 is 1.47 bits per heavy atom. The first-order chi connectivity index (χ1) is 9.04. The molecule has 19 heavy (non-hydrogen) atoms. The van der Waals surface area contributed by atoms with E-state index < -0.39 is 5.97 Å². The Bertz CT molecular complexity index is 635. The van der Waals surface area contributed by atoms with Crippen molar-refractivity contribution in [1.29, 1.82) is 0 Å². The smallest absolute Gasteiger partial charge is 0.328 e. The topological polar surface area (TPSA) is 76.2 Å². The van der Waals surface area contributed by atoms with Crippen LogP contribution in [0.4, 0.5) is 0 Å². The first-order valence-corrected chi connectivity index (χ1v) is 5.91. The van der Waals surface area contributed by atoms with E-state index in [1.54, 1.807) is 25.1 Å². The van der Waals surface area contributed by atoms with Crippen LogP contribution in [0.2, 0.25) is 5.02 Å². The van der Waals surface area contributed by atoms with E-state index in [0.717, 1.165) is 17.2 Å². The number of hydrogen-bond donors (Lipinski definition) is 1. The van der Waals surface area contributed by atoms with Crippen molar-refractivity contribution >= 4 is 23.6 Å². The molecule has 1 N–H and O–H groups in total. The van der Waals surface area contributed by atoms with Gasteiger partial charge in [0.05, 0.1) is 6.42 Å². The lowest BCUT2D eigenvalue weighted by Gasteiger charge is -2.04. The number of carboxylic acid groups (broad SMARTS) is 1. The lowest BCUT2D eigenvalue weighted by atomic mass is 10.0. The molecule has 0 atom stereocenters. The Morgan fingerprint density at radius 2 is 2.26 bits per heavy atom. The van der Waals surface area contributed by atoms with Crippen molar-refractivity contribution in [1.82, 2.24) is 10.2 Å². The molecule has 0 radical (unpaired) electrons. The maximum absolute atomic E-state index is 10.6. The number of carboxylic acids is 1. The van der Waals surface area contributed by atoms with Crippen LogP contribution in [-0.2, 0) is 11.2 Å². The molecule has 2 aromatic rings. The Balaban J connectivity index is 2.31. The SMILES string of the molecule is Cc1nnc(Cc2cc(Cl)ccc2C=CC(=O)O)o1. The van der Waals surface area contributed by atoms with Crippen LogP contribution in [0.3, 0.4) is 0 Å². The molecule has 0 aliphatic carbocycles. The molecule has 0 spiro atoms. The summed E-state index contributed by atoms with van der Waals surface area (Å²) in [5.41, 5.74) is 1.58. The minimum Gasteiger partial charge on any atom is -0.478 e. The molecule has 0 unspecified atom stereocenters. The Hall–Kier alpha value is -2.14. The number of nitrogens with zero attached hydrogens (tertiary/aromatic N) is 2. The van der Waals surface area contributed by atoms with Crippen LogP contribution in [0.1, 0.15) is 22.9 Å². The molecule has 0 aliphatic heterocycles. The molecule has 1 aromatic heterocycles. The van der Waals surface area contributed by atoms with Gasteiger partial charge in [-0.15, -0.1) is 10.2 Å². The summed E-state index contributed by atoms with van der Waals surface area (Å²) < 4.78 is 5.30. The molecular weight excluding hydrogens is 268 g/mol.